The summed E-state index contributed by atoms with van der Waals surface area (Å²) in [7, 11) is -4.59. The average Bonchev–Trinajstić information content (AvgIpc) is 2.56. The van der Waals surface area contributed by atoms with Crippen LogP contribution in [0.3, 0.4) is 0 Å². The van der Waals surface area contributed by atoms with E-state index in [4.69, 9.17) is 0 Å². The van der Waals surface area contributed by atoms with Gasteiger partial charge in [-0.25, -0.2) is 0 Å². The van der Waals surface area contributed by atoms with Crippen molar-refractivity contribution in [2.45, 2.75) is 81.5 Å². The summed E-state index contributed by atoms with van der Waals surface area (Å²) in [4.78, 5) is 13.7. The van der Waals surface area contributed by atoms with Crippen molar-refractivity contribution in [3.8, 4) is 0 Å². The van der Waals surface area contributed by atoms with Crippen LogP contribution in [0, 0.1) is 0 Å². The predicted molar refractivity (Wildman–Crippen MR) is 81.5 cm³/mol. The third-order valence-corrected chi connectivity index (χ3v) is 6.19. The SMILES string of the molecule is COS(=O)(=O)C(F)(F)C(=O)N(C1CCCCC1)C1CCCCC1. The van der Waals surface area contributed by atoms with E-state index in [-0.39, 0.29) is 12.1 Å². The quantitative estimate of drug-likeness (QED) is 0.713. The molecule has 2 rings (SSSR count). The summed E-state index contributed by atoms with van der Waals surface area (Å²) in [6.45, 7) is 0. The van der Waals surface area contributed by atoms with Gasteiger partial charge in [0, 0.05) is 12.1 Å². The first-order valence-electron chi connectivity index (χ1n) is 8.32. The molecule has 5 nitrogen and oxygen atoms in total. The molecule has 0 heterocycles. The van der Waals surface area contributed by atoms with Crippen LogP contribution in [-0.4, -0.2) is 43.7 Å². The maximum Gasteiger partial charge on any atom is 0.447 e. The second-order valence-corrected chi connectivity index (χ2v) is 8.19. The van der Waals surface area contributed by atoms with E-state index in [1.807, 2.05) is 0 Å². The van der Waals surface area contributed by atoms with Crippen molar-refractivity contribution < 1.29 is 26.2 Å². The van der Waals surface area contributed by atoms with Crippen molar-refractivity contribution in [1.82, 2.24) is 4.90 Å². The average molecular weight is 353 g/mol. The fourth-order valence-electron chi connectivity index (χ4n) is 3.71. The van der Waals surface area contributed by atoms with Gasteiger partial charge in [0.25, 0.3) is 0 Å². The zero-order valence-corrected chi connectivity index (χ0v) is 14.3. The molecule has 0 spiro atoms. The van der Waals surface area contributed by atoms with E-state index in [0.29, 0.717) is 32.8 Å². The number of rotatable bonds is 5. The highest BCUT2D eigenvalue weighted by molar-refractivity contribution is 7.88. The predicted octanol–water partition coefficient (Wildman–Crippen LogP) is 3.05. The molecule has 2 aliphatic rings. The van der Waals surface area contributed by atoms with E-state index >= 15 is 0 Å². The molecule has 23 heavy (non-hydrogen) atoms. The largest absolute Gasteiger partial charge is 0.447 e. The van der Waals surface area contributed by atoms with Crippen molar-refractivity contribution in [1.29, 1.82) is 0 Å². The van der Waals surface area contributed by atoms with E-state index in [9.17, 15) is 22.0 Å². The summed E-state index contributed by atoms with van der Waals surface area (Å²) in [6.07, 6.45) is 8.19. The van der Waals surface area contributed by atoms with E-state index < -0.39 is 21.3 Å². The smallest absolute Gasteiger partial charge is 0.330 e. The van der Waals surface area contributed by atoms with Gasteiger partial charge >= 0.3 is 21.3 Å². The Hall–Kier alpha value is -0.760. The Morgan fingerprint density at radius 3 is 1.70 bits per heavy atom. The maximum atomic E-state index is 14.3. The Morgan fingerprint density at radius 1 is 0.957 bits per heavy atom. The van der Waals surface area contributed by atoms with Crippen LogP contribution in [0.1, 0.15) is 64.2 Å². The highest BCUT2D eigenvalue weighted by Crippen LogP contribution is 2.35. The summed E-state index contributed by atoms with van der Waals surface area (Å²) >= 11 is 0. The Kier molecular flexibility index (Phi) is 5.99. The number of hydrogen-bond acceptors (Lipinski definition) is 4. The molecule has 0 aromatic rings. The number of alkyl halides is 2. The topological polar surface area (TPSA) is 63.7 Å². The van der Waals surface area contributed by atoms with E-state index in [1.165, 1.54) is 4.90 Å². The molecule has 134 valence electrons. The summed E-state index contributed by atoms with van der Waals surface area (Å²) in [6, 6.07) is -0.588. The molecular formula is C15H25F2NO4S. The van der Waals surface area contributed by atoms with Crippen LogP contribution in [0.25, 0.3) is 0 Å². The second-order valence-electron chi connectivity index (χ2n) is 6.43. The van der Waals surface area contributed by atoms with Crippen molar-refractivity contribution in [3.63, 3.8) is 0 Å². The molecule has 1 amide bonds. The molecule has 0 saturated heterocycles. The van der Waals surface area contributed by atoms with Crippen LogP contribution in [0.15, 0.2) is 0 Å². The van der Waals surface area contributed by atoms with Gasteiger partial charge in [-0.15, -0.1) is 0 Å². The van der Waals surface area contributed by atoms with Gasteiger partial charge in [0.15, 0.2) is 0 Å². The van der Waals surface area contributed by atoms with Crippen LogP contribution in [0.4, 0.5) is 8.78 Å². The first-order chi connectivity index (χ1) is 10.8. The lowest BCUT2D eigenvalue weighted by atomic mass is 9.88. The molecule has 2 aliphatic carbocycles. The van der Waals surface area contributed by atoms with Crippen LogP contribution in [-0.2, 0) is 19.1 Å². The molecule has 0 N–H and O–H groups in total. The zero-order valence-electron chi connectivity index (χ0n) is 13.5. The van der Waals surface area contributed by atoms with Crippen molar-refractivity contribution in [2.24, 2.45) is 0 Å². The van der Waals surface area contributed by atoms with E-state index in [2.05, 4.69) is 4.18 Å². The third-order valence-electron chi connectivity index (χ3n) is 4.95. The minimum atomic E-state index is -5.24. The number of carbonyl (C=O) groups is 1. The molecule has 0 bridgehead atoms. The molecule has 2 fully saturated rings. The van der Waals surface area contributed by atoms with E-state index in [1.54, 1.807) is 0 Å². The van der Waals surface area contributed by atoms with Gasteiger partial charge in [-0.3, -0.25) is 8.98 Å². The molecular weight excluding hydrogens is 328 g/mol. The van der Waals surface area contributed by atoms with Crippen LogP contribution in [0.5, 0.6) is 0 Å². The molecule has 0 aromatic carbocycles. The molecule has 0 radical (unpaired) electrons. The fraction of sp³-hybridized carbons (Fsp3) is 0.933. The van der Waals surface area contributed by atoms with Crippen molar-refractivity contribution in [2.75, 3.05) is 7.11 Å². The summed E-state index contributed by atoms with van der Waals surface area (Å²) in [5, 5.41) is -4.53. The summed E-state index contributed by atoms with van der Waals surface area (Å²) < 4.78 is 55.5. The van der Waals surface area contributed by atoms with Gasteiger partial charge in [0.1, 0.15) is 0 Å². The van der Waals surface area contributed by atoms with Gasteiger partial charge < -0.3 is 4.90 Å². The lowest BCUT2D eigenvalue weighted by Gasteiger charge is -2.42. The molecule has 8 heteroatoms. The lowest BCUT2D eigenvalue weighted by molar-refractivity contribution is -0.154. The number of carbonyl (C=O) groups excluding carboxylic acids is 1. The highest BCUT2D eigenvalue weighted by Gasteiger charge is 2.57. The Bertz CT molecular complexity index is 494. The van der Waals surface area contributed by atoms with Crippen LogP contribution >= 0.6 is 0 Å². The summed E-state index contributed by atoms with van der Waals surface area (Å²) in [5.41, 5.74) is 0. The number of halogens is 2. The van der Waals surface area contributed by atoms with Gasteiger partial charge in [-0.05, 0) is 25.7 Å². The van der Waals surface area contributed by atoms with Gasteiger partial charge in [0.05, 0.1) is 7.11 Å². The van der Waals surface area contributed by atoms with Gasteiger partial charge in [0.2, 0.25) is 0 Å². The van der Waals surface area contributed by atoms with Crippen LogP contribution in [0.2, 0.25) is 0 Å². The van der Waals surface area contributed by atoms with Gasteiger partial charge in [-0.2, -0.15) is 17.2 Å². The lowest BCUT2D eigenvalue weighted by Crippen LogP contribution is -2.56. The third kappa shape index (κ3) is 3.84. The Labute approximate surface area is 136 Å². The fourth-order valence-corrected chi connectivity index (χ4v) is 4.24. The molecule has 0 aliphatic heterocycles. The molecule has 0 atom stereocenters. The molecule has 0 unspecified atom stereocenters. The number of hydrogen-bond donors (Lipinski definition) is 0. The zero-order chi connectivity index (χ0) is 17.1. The first kappa shape index (κ1) is 18.6. The Morgan fingerprint density at radius 2 is 1.35 bits per heavy atom. The molecule has 0 aromatic heterocycles. The Balaban J connectivity index is 2.29. The summed E-state index contributed by atoms with van der Waals surface area (Å²) in [5.74, 6) is -1.61. The maximum absolute atomic E-state index is 14.3. The normalized spacial score (nSPS) is 22.0. The second kappa shape index (κ2) is 7.42. The first-order valence-corrected chi connectivity index (χ1v) is 9.73. The monoisotopic (exact) mass is 353 g/mol. The minimum Gasteiger partial charge on any atom is -0.330 e. The highest BCUT2D eigenvalue weighted by atomic mass is 32.2. The van der Waals surface area contributed by atoms with Crippen molar-refractivity contribution in [3.05, 3.63) is 0 Å². The van der Waals surface area contributed by atoms with Gasteiger partial charge in [-0.1, -0.05) is 38.5 Å². The number of amides is 1. The minimum absolute atomic E-state index is 0.294. The van der Waals surface area contributed by atoms with Crippen molar-refractivity contribution >= 4 is 16.0 Å². The van der Waals surface area contributed by atoms with E-state index in [0.717, 1.165) is 38.5 Å². The molecule has 2 saturated carbocycles. The van der Waals surface area contributed by atoms with Crippen LogP contribution < -0.4 is 0 Å². The number of nitrogens with zero attached hydrogens (tertiary/aromatic N) is 1. The standard InChI is InChI=1S/C15H25F2NO4S/c1-22-23(20,21)15(16,17)14(19)18(12-8-4-2-5-9-12)13-10-6-3-7-11-13/h12-13H,2-11H2,1H3.